The van der Waals surface area contributed by atoms with E-state index < -0.39 is 0 Å². The van der Waals surface area contributed by atoms with Crippen LogP contribution in [0.15, 0.2) is 46.0 Å². The lowest BCUT2D eigenvalue weighted by atomic mass is 10.1. The molecule has 0 aliphatic rings. The Balaban J connectivity index is 1.56. The number of aromatic nitrogens is 3. The number of rotatable bonds is 7. The number of anilines is 1. The first-order chi connectivity index (χ1) is 13.8. The Morgan fingerprint density at radius 2 is 1.97 bits per heavy atom. The highest BCUT2D eigenvalue weighted by atomic mass is 79.9. The summed E-state index contributed by atoms with van der Waals surface area (Å²) in [6, 6.07) is 11.7. The molecular weight excluding hydrogens is 452 g/mol. The lowest BCUT2D eigenvalue weighted by molar-refractivity contribution is -0.113. The fourth-order valence-corrected chi connectivity index (χ4v) is 3.91. The normalized spacial score (nSPS) is 10.8. The van der Waals surface area contributed by atoms with Crippen LogP contribution in [0.25, 0.3) is 0 Å². The first-order valence-corrected chi connectivity index (χ1v) is 10.9. The van der Waals surface area contributed by atoms with Gasteiger partial charge in [-0.15, -0.1) is 10.2 Å². The molecule has 1 heterocycles. The molecule has 0 fully saturated rings. The summed E-state index contributed by atoms with van der Waals surface area (Å²) in [6.07, 6.45) is 0. The largest absolute Gasteiger partial charge is 0.485 e. The predicted molar refractivity (Wildman–Crippen MR) is 119 cm³/mol. The van der Waals surface area contributed by atoms with Crippen molar-refractivity contribution >= 4 is 39.3 Å². The minimum Gasteiger partial charge on any atom is -0.485 e. The lowest BCUT2D eigenvalue weighted by Crippen LogP contribution is -2.15. The first kappa shape index (κ1) is 21.4. The van der Waals surface area contributed by atoms with Gasteiger partial charge in [-0.3, -0.25) is 4.79 Å². The van der Waals surface area contributed by atoms with Crippen LogP contribution >= 0.6 is 27.7 Å². The third kappa shape index (κ3) is 5.39. The molecule has 0 aliphatic heterocycles. The van der Waals surface area contributed by atoms with Gasteiger partial charge < -0.3 is 14.6 Å². The molecule has 0 saturated heterocycles. The maximum absolute atomic E-state index is 12.3. The molecule has 0 unspecified atom stereocenters. The number of nitrogens with one attached hydrogen (secondary N) is 1. The standard InChI is InChI=1S/C21H23BrN4O2S/c1-13-6-5-7-18(15(13)3)28-11-19-24-25-21(26(19)4)29-12-20(27)23-17-9-8-16(22)10-14(17)2/h5-10H,11-12H2,1-4H3,(H,23,27). The third-order valence-corrected chi connectivity index (χ3v) is 6.15. The van der Waals surface area contributed by atoms with Crippen LogP contribution in [-0.2, 0) is 18.4 Å². The summed E-state index contributed by atoms with van der Waals surface area (Å²) in [5, 5.41) is 12.0. The number of halogens is 1. The molecule has 1 aromatic heterocycles. The van der Waals surface area contributed by atoms with E-state index in [1.165, 1.54) is 17.3 Å². The van der Waals surface area contributed by atoms with Crippen LogP contribution in [-0.4, -0.2) is 26.4 Å². The molecule has 3 rings (SSSR count). The van der Waals surface area contributed by atoms with E-state index in [4.69, 9.17) is 4.74 Å². The average Bonchev–Trinajstić information content (AvgIpc) is 3.03. The average molecular weight is 475 g/mol. The van der Waals surface area contributed by atoms with E-state index in [1.54, 1.807) is 0 Å². The van der Waals surface area contributed by atoms with Crippen LogP contribution in [0.2, 0.25) is 0 Å². The van der Waals surface area contributed by atoms with Gasteiger partial charge in [0.05, 0.1) is 5.75 Å². The van der Waals surface area contributed by atoms with E-state index in [9.17, 15) is 4.79 Å². The minimum atomic E-state index is -0.0865. The van der Waals surface area contributed by atoms with Crippen molar-refractivity contribution in [2.75, 3.05) is 11.1 Å². The number of hydrogen-bond acceptors (Lipinski definition) is 5. The summed E-state index contributed by atoms with van der Waals surface area (Å²) >= 11 is 4.77. The first-order valence-electron chi connectivity index (χ1n) is 9.11. The Kier molecular flexibility index (Phi) is 6.97. The molecule has 6 nitrogen and oxygen atoms in total. The maximum Gasteiger partial charge on any atom is 0.234 e. The molecule has 1 amide bonds. The van der Waals surface area contributed by atoms with Crippen molar-refractivity contribution in [2.24, 2.45) is 7.05 Å². The van der Waals surface area contributed by atoms with Crippen molar-refractivity contribution in [3.8, 4) is 5.75 Å². The van der Waals surface area contributed by atoms with Crippen molar-refractivity contribution < 1.29 is 9.53 Å². The molecule has 2 aromatic carbocycles. The smallest absolute Gasteiger partial charge is 0.234 e. The zero-order chi connectivity index (χ0) is 21.0. The molecule has 152 valence electrons. The molecule has 3 aromatic rings. The number of aryl methyl sites for hydroxylation is 2. The van der Waals surface area contributed by atoms with E-state index in [2.05, 4.69) is 44.4 Å². The monoisotopic (exact) mass is 474 g/mol. The van der Waals surface area contributed by atoms with Crippen molar-refractivity contribution in [1.29, 1.82) is 0 Å². The van der Waals surface area contributed by atoms with Crippen molar-refractivity contribution in [3.63, 3.8) is 0 Å². The van der Waals surface area contributed by atoms with Gasteiger partial charge >= 0.3 is 0 Å². The molecule has 0 radical (unpaired) electrons. The molecule has 0 spiro atoms. The van der Waals surface area contributed by atoms with Gasteiger partial charge in [-0.25, -0.2) is 0 Å². The van der Waals surface area contributed by atoms with Crippen LogP contribution in [0.1, 0.15) is 22.5 Å². The number of ether oxygens (including phenoxy) is 1. The SMILES string of the molecule is Cc1cc(Br)ccc1NC(=O)CSc1nnc(COc2cccc(C)c2C)n1C. The maximum atomic E-state index is 12.3. The zero-order valence-electron chi connectivity index (χ0n) is 16.8. The van der Waals surface area contributed by atoms with Gasteiger partial charge in [-0.2, -0.15) is 0 Å². The molecular formula is C21H23BrN4O2S. The van der Waals surface area contributed by atoms with Gasteiger partial charge in [0.2, 0.25) is 5.91 Å². The van der Waals surface area contributed by atoms with Crippen LogP contribution in [0.3, 0.4) is 0 Å². The lowest BCUT2D eigenvalue weighted by Gasteiger charge is -2.11. The van der Waals surface area contributed by atoms with Crippen LogP contribution in [0.4, 0.5) is 5.69 Å². The molecule has 29 heavy (non-hydrogen) atoms. The van der Waals surface area contributed by atoms with Gasteiger partial charge in [0, 0.05) is 17.2 Å². The highest BCUT2D eigenvalue weighted by Gasteiger charge is 2.13. The second-order valence-corrected chi connectivity index (χ2v) is 8.60. The summed E-state index contributed by atoms with van der Waals surface area (Å²) in [5.41, 5.74) is 4.11. The Labute approximate surface area is 183 Å². The second kappa shape index (κ2) is 9.45. The molecule has 1 N–H and O–H groups in total. The van der Waals surface area contributed by atoms with E-state index in [-0.39, 0.29) is 11.7 Å². The molecule has 0 aliphatic carbocycles. The Morgan fingerprint density at radius 3 is 2.72 bits per heavy atom. The van der Waals surface area contributed by atoms with Crippen molar-refractivity contribution in [2.45, 2.75) is 32.5 Å². The fourth-order valence-electron chi connectivity index (χ4n) is 2.70. The van der Waals surface area contributed by atoms with E-state index >= 15 is 0 Å². The van der Waals surface area contributed by atoms with Crippen LogP contribution < -0.4 is 10.1 Å². The van der Waals surface area contributed by atoms with Crippen molar-refractivity contribution in [1.82, 2.24) is 14.8 Å². The number of carbonyl (C=O) groups excluding carboxylic acids is 1. The summed E-state index contributed by atoms with van der Waals surface area (Å²) in [7, 11) is 1.88. The quantitative estimate of drug-likeness (QED) is 0.497. The molecule has 0 atom stereocenters. The van der Waals surface area contributed by atoms with Gasteiger partial charge in [0.25, 0.3) is 0 Å². The molecule has 0 saturated carbocycles. The van der Waals surface area contributed by atoms with Crippen LogP contribution in [0.5, 0.6) is 5.75 Å². The highest BCUT2D eigenvalue weighted by Crippen LogP contribution is 2.23. The Hall–Kier alpha value is -2.32. The van der Waals surface area contributed by atoms with Gasteiger partial charge in [-0.05, 0) is 61.7 Å². The van der Waals surface area contributed by atoms with E-state index in [0.29, 0.717) is 17.6 Å². The van der Waals surface area contributed by atoms with Crippen LogP contribution in [0, 0.1) is 20.8 Å². The van der Waals surface area contributed by atoms with Crippen molar-refractivity contribution in [3.05, 3.63) is 63.4 Å². The van der Waals surface area contributed by atoms with E-state index in [0.717, 1.165) is 27.0 Å². The summed E-state index contributed by atoms with van der Waals surface area (Å²) < 4.78 is 8.75. The summed E-state index contributed by atoms with van der Waals surface area (Å²) in [4.78, 5) is 12.3. The van der Waals surface area contributed by atoms with Gasteiger partial charge in [0.15, 0.2) is 11.0 Å². The second-order valence-electron chi connectivity index (χ2n) is 6.74. The topological polar surface area (TPSA) is 69.0 Å². The van der Waals surface area contributed by atoms with E-state index in [1.807, 2.05) is 55.8 Å². The van der Waals surface area contributed by atoms with Gasteiger partial charge in [-0.1, -0.05) is 39.8 Å². The molecule has 0 bridgehead atoms. The number of nitrogens with zero attached hydrogens (tertiary/aromatic N) is 3. The summed E-state index contributed by atoms with van der Waals surface area (Å²) in [5.74, 6) is 1.71. The number of hydrogen-bond donors (Lipinski definition) is 1. The Morgan fingerprint density at radius 1 is 1.17 bits per heavy atom. The zero-order valence-corrected chi connectivity index (χ0v) is 19.2. The predicted octanol–water partition coefficient (Wildman–Crippen LogP) is 4.81. The minimum absolute atomic E-state index is 0.0865. The third-order valence-electron chi connectivity index (χ3n) is 4.63. The number of benzene rings is 2. The summed E-state index contributed by atoms with van der Waals surface area (Å²) in [6.45, 7) is 6.37. The Bertz CT molecular complexity index is 1040. The number of thioether (sulfide) groups is 1. The number of carbonyl (C=O) groups is 1. The highest BCUT2D eigenvalue weighted by molar-refractivity contribution is 9.10. The fraction of sp³-hybridized carbons (Fsp3) is 0.286. The molecule has 8 heteroatoms. The number of amides is 1. The van der Waals surface area contributed by atoms with Gasteiger partial charge in [0.1, 0.15) is 12.4 Å².